The van der Waals surface area contributed by atoms with Crippen molar-refractivity contribution >= 4 is 58.3 Å². The Morgan fingerprint density at radius 1 is 1.46 bits per heavy atom. The first-order valence-corrected chi connectivity index (χ1v) is 8.91. The van der Waals surface area contributed by atoms with Crippen LogP contribution in [0.3, 0.4) is 0 Å². The van der Waals surface area contributed by atoms with Gasteiger partial charge in [-0.25, -0.2) is 0 Å². The maximum absolute atomic E-state index is 11.6. The molecule has 1 atom stereocenters. The van der Waals surface area contributed by atoms with Crippen LogP contribution in [0.25, 0.3) is 10.9 Å². The van der Waals surface area contributed by atoms with Crippen LogP contribution in [0.4, 0.5) is 0 Å². The fraction of sp³-hybridized carbons (Fsp3) is 0.444. The number of aliphatic imine (C=N–C) groups is 1. The van der Waals surface area contributed by atoms with Gasteiger partial charge >= 0.3 is 0 Å². The van der Waals surface area contributed by atoms with E-state index in [9.17, 15) is 4.79 Å². The molecule has 1 aromatic carbocycles. The number of likely N-dealkylation sites (tertiary alicyclic amines) is 1. The number of likely N-dealkylation sites (N-methyl/N-ethyl adjacent to an activating group) is 1. The van der Waals surface area contributed by atoms with Gasteiger partial charge < -0.3 is 20.5 Å². The highest BCUT2D eigenvalue weighted by Crippen LogP contribution is 2.22. The zero-order valence-electron chi connectivity index (χ0n) is 15.0. The van der Waals surface area contributed by atoms with E-state index < -0.39 is 0 Å². The minimum Gasteiger partial charge on any atom is -0.361 e. The molecule has 0 radical (unpaired) electrons. The lowest BCUT2D eigenvalue weighted by molar-refractivity contribution is -0.132. The number of aromatic amines is 1. The monoisotopic (exact) mass is 489 g/mol. The van der Waals surface area contributed by atoms with Crippen molar-refractivity contribution < 1.29 is 4.79 Å². The number of piperidine rings is 1. The summed E-state index contributed by atoms with van der Waals surface area (Å²) in [4.78, 5) is 20.9. The van der Waals surface area contributed by atoms with Crippen LogP contribution in [-0.4, -0.2) is 55.0 Å². The van der Waals surface area contributed by atoms with E-state index in [1.54, 1.807) is 11.9 Å². The van der Waals surface area contributed by atoms with Crippen LogP contribution in [0.1, 0.15) is 18.4 Å². The van der Waals surface area contributed by atoms with Crippen molar-refractivity contribution in [2.45, 2.75) is 25.3 Å². The van der Waals surface area contributed by atoms with Gasteiger partial charge in [0.25, 0.3) is 0 Å². The Kier molecular flexibility index (Phi) is 7.57. The molecular weight excluding hydrogens is 465 g/mol. The third-order valence-electron chi connectivity index (χ3n) is 4.61. The smallest absolute Gasteiger partial charge is 0.222 e. The van der Waals surface area contributed by atoms with Gasteiger partial charge in [-0.1, -0.05) is 11.6 Å². The highest BCUT2D eigenvalue weighted by molar-refractivity contribution is 14.0. The fourth-order valence-corrected chi connectivity index (χ4v) is 3.36. The number of H-pyrrole nitrogens is 1. The Hall–Kier alpha value is -1.48. The van der Waals surface area contributed by atoms with E-state index in [0.717, 1.165) is 41.3 Å². The van der Waals surface area contributed by atoms with Gasteiger partial charge in [0.2, 0.25) is 5.91 Å². The van der Waals surface area contributed by atoms with Crippen LogP contribution in [0.15, 0.2) is 29.4 Å². The number of nitrogens with zero attached hydrogens (tertiary/aromatic N) is 2. The zero-order chi connectivity index (χ0) is 17.8. The van der Waals surface area contributed by atoms with E-state index in [1.807, 2.05) is 31.4 Å². The van der Waals surface area contributed by atoms with Crippen molar-refractivity contribution in [1.82, 2.24) is 20.5 Å². The number of carbonyl (C=O) groups excluding carboxylic acids is 1. The summed E-state index contributed by atoms with van der Waals surface area (Å²) in [6, 6.07) is 6.11. The number of hydrogen-bond acceptors (Lipinski definition) is 2. The van der Waals surface area contributed by atoms with Gasteiger partial charge in [0.05, 0.1) is 0 Å². The number of rotatable bonds is 4. The van der Waals surface area contributed by atoms with Crippen LogP contribution in [0.2, 0.25) is 5.02 Å². The number of carbonyl (C=O) groups is 1. The number of hydrogen-bond donors (Lipinski definition) is 3. The molecule has 6 nitrogen and oxygen atoms in total. The Morgan fingerprint density at radius 3 is 3.00 bits per heavy atom. The molecule has 2 heterocycles. The zero-order valence-corrected chi connectivity index (χ0v) is 18.1. The predicted molar refractivity (Wildman–Crippen MR) is 118 cm³/mol. The lowest BCUT2D eigenvalue weighted by atomic mass is 10.1. The van der Waals surface area contributed by atoms with Gasteiger partial charge in [0.1, 0.15) is 0 Å². The van der Waals surface area contributed by atoms with Crippen molar-refractivity contribution in [2.24, 2.45) is 4.99 Å². The second-order valence-corrected chi connectivity index (χ2v) is 6.84. The first-order chi connectivity index (χ1) is 12.1. The summed E-state index contributed by atoms with van der Waals surface area (Å²) in [6.07, 6.45) is 4.32. The number of halogens is 2. The van der Waals surface area contributed by atoms with Crippen molar-refractivity contribution in [3.05, 3.63) is 35.0 Å². The number of benzene rings is 1. The average Bonchev–Trinajstić information content (AvgIpc) is 2.99. The lowest BCUT2D eigenvalue weighted by Gasteiger charge is -2.31. The quantitative estimate of drug-likeness (QED) is 0.351. The van der Waals surface area contributed by atoms with Gasteiger partial charge in [0.15, 0.2) is 5.96 Å². The second kappa shape index (κ2) is 9.45. The summed E-state index contributed by atoms with van der Waals surface area (Å²) in [6.45, 7) is 1.47. The molecule has 1 saturated heterocycles. The molecule has 0 aliphatic carbocycles. The van der Waals surface area contributed by atoms with Crippen LogP contribution in [-0.2, 0) is 11.2 Å². The number of guanidine groups is 1. The van der Waals surface area contributed by atoms with E-state index >= 15 is 0 Å². The molecule has 1 aliphatic heterocycles. The Bertz CT molecular complexity index is 791. The maximum Gasteiger partial charge on any atom is 0.222 e. The highest BCUT2D eigenvalue weighted by Gasteiger charge is 2.23. The fourth-order valence-electron chi connectivity index (χ4n) is 3.19. The summed E-state index contributed by atoms with van der Waals surface area (Å²) in [5.41, 5.74) is 2.32. The molecule has 26 heavy (non-hydrogen) atoms. The molecular formula is C18H25ClIN5O. The molecule has 3 rings (SSSR count). The molecule has 1 fully saturated rings. The average molecular weight is 490 g/mol. The number of fused-ring (bicyclic) bond motifs is 1. The first-order valence-electron chi connectivity index (χ1n) is 8.53. The van der Waals surface area contributed by atoms with Crippen molar-refractivity contribution in [1.29, 1.82) is 0 Å². The third kappa shape index (κ3) is 5.03. The molecule has 142 valence electrons. The van der Waals surface area contributed by atoms with Gasteiger partial charge in [0, 0.05) is 61.8 Å². The minimum atomic E-state index is 0. The van der Waals surface area contributed by atoms with E-state index in [1.165, 1.54) is 5.56 Å². The summed E-state index contributed by atoms with van der Waals surface area (Å²) in [5.74, 6) is 0.976. The van der Waals surface area contributed by atoms with Gasteiger partial charge in [-0.15, -0.1) is 24.0 Å². The summed E-state index contributed by atoms with van der Waals surface area (Å²) < 4.78 is 0. The number of nitrogens with one attached hydrogen (secondary N) is 3. The van der Waals surface area contributed by atoms with E-state index in [0.29, 0.717) is 13.0 Å². The van der Waals surface area contributed by atoms with Crippen LogP contribution < -0.4 is 10.6 Å². The van der Waals surface area contributed by atoms with E-state index in [4.69, 9.17) is 11.6 Å². The minimum absolute atomic E-state index is 0. The standard InChI is InChI=1S/C18H24ClN5O.HI/c1-20-18(23-14-4-6-17(25)24(2)11-14)21-8-7-12-10-22-16-5-3-13(19)9-15(12)16;/h3,5,9-10,14,22H,4,6-8,11H2,1-2H3,(H2,20,21,23);1H. The van der Waals surface area contributed by atoms with Gasteiger partial charge in [-0.05, 0) is 36.6 Å². The second-order valence-electron chi connectivity index (χ2n) is 6.41. The van der Waals surface area contributed by atoms with Gasteiger partial charge in [-0.2, -0.15) is 0 Å². The SMILES string of the molecule is CN=C(NCCc1c[nH]c2ccc(Cl)cc12)NC1CCC(=O)N(C)C1.I. The highest BCUT2D eigenvalue weighted by atomic mass is 127. The Labute approximate surface area is 175 Å². The molecule has 2 aromatic rings. The normalized spacial score (nSPS) is 18.0. The summed E-state index contributed by atoms with van der Waals surface area (Å²) in [5, 5.41) is 8.65. The van der Waals surface area contributed by atoms with Crippen LogP contribution in [0, 0.1) is 0 Å². The molecule has 0 spiro atoms. The van der Waals surface area contributed by atoms with Crippen molar-refractivity contribution in [3.8, 4) is 0 Å². The molecule has 0 bridgehead atoms. The van der Waals surface area contributed by atoms with Crippen LogP contribution in [0.5, 0.6) is 0 Å². The van der Waals surface area contributed by atoms with E-state index in [-0.39, 0.29) is 35.9 Å². The predicted octanol–water partition coefficient (Wildman–Crippen LogP) is 2.77. The lowest BCUT2D eigenvalue weighted by Crippen LogP contribution is -2.51. The van der Waals surface area contributed by atoms with Crippen molar-refractivity contribution in [3.63, 3.8) is 0 Å². The summed E-state index contributed by atoms with van der Waals surface area (Å²) in [7, 11) is 3.60. The Balaban J connectivity index is 0.00000243. The largest absolute Gasteiger partial charge is 0.361 e. The number of amides is 1. The van der Waals surface area contributed by atoms with E-state index in [2.05, 4.69) is 20.6 Å². The Morgan fingerprint density at radius 2 is 2.27 bits per heavy atom. The number of aromatic nitrogens is 1. The molecule has 8 heteroatoms. The van der Waals surface area contributed by atoms with Crippen LogP contribution >= 0.6 is 35.6 Å². The topological polar surface area (TPSA) is 72.5 Å². The molecule has 1 aromatic heterocycles. The molecule has 1 aliphatic rings. The third-order valence-corrected chi connectivity index (χ3v) is 4.84. The molecule has 1 amide bonds. The molecule has 1 unspecified atom stereocenters. The maximum atomic E-state index is 11.6. The first kappa shape index (κ1) is 20.8. The summed E-state index contributed by atoms with van der Waals surface area (Å²) >= 11 is 6.10. The molecule has 3 N–H and O–H groups in total. The van der Waals surface area contributed by atoms with Gasteiger partial charge in [-0.3, -0.25) is 9.79 Å². The van der Waals surface area contributed by atoms with Crippen molar-refractivity contribution in [2.75, 3.05) is 27.2 Å². The molecule has 0 saturated carbocycles.